The highest BCUT2D eigenvalue weighted by Crippen LogP contribution is 2.33. The monoisotopic (exact) mass is 456 g/mol. The number of rotatable bonds is 4. The third-order valence-electron chi connectivity index (χ3n) is 5.63. The molecular weight excluding hydrogens is 436 g/mol. The summed E-state index contributed by atoms with van der Waals surface area (Å²) >= 11 is 0. The molecule has 0 aliphatic carbocycles. The third kappa shape index (κ3) is 4.51. The van der Waals surface area contributed by atoms with Crippen LogP contribution in [-0.2, 0) is 0 Å². The van der Waals surface area contributed by atoms with Gasteiger partial charge in [-0.15, -0.1) is 5.10 Å². The molecule has 0 amide bonds. The quantitative estimate of drug-likeness (QED) is 0.429. The number of nitrogens with zero attached hydrogens (tertiary/aromatic N) is 6. The lowest BCUT2D eigenvalue weighted by Crippen LogP contribution is -2.49. The average molecular weight is 456 g/mol. The van der Waals surface area contributed by atoms with Gasteiger partial charge in [-0.2, -0.15) is 13.2 Å². The fourth-order valence-corrected chi connectivity index (χ4v) is 4.06. The summed E-state index contributed by atoms with van der Waals surface area (Å²) in [5.41, 5.74) is 3.59. The Morgan fingerprint density at radius 3 is 2.18 bits per heavy atom. The first kappa shape index (κ1) is 21.3. The summed E-state index contributed by atoms with van der Waals surface area (Å²) in [7, 11) is 0. The molecule has 4 aromatic rings. The summed E-state index contributed by atoms with van der Waals surface area (Å²) < 4.78 is 53.3. The molecule has 1 fully saturated rings. The standard InChI is InChI=1S/C23H20F4N6/c24-18-3-1-16(2-4-18)21-22(17-7-9-28-10-8-17)33-19(29-21)5-6-20(30-33)32-13-11-31(12-14-32)15-23(25,26)27/h1-10H,11-15H2. The molecular formula is C23H20F4N6. The van der Waals surface area contributed by atoms with Gasteiger partial charge >= 0.3 is 6.18 Å². The highest BCUT2D eigenvalue weighted by Gasteiger charge is 2.32. The van der Waals surface area contributed by atoms with Crippen molar-refractivity contribution >= 4 is 11.5 Å². The number of aromatic nitrogens is 4. The van der Waals surface area contributed by atoms with Gasteiger partial charge < -0.3 is 4.90 Å². The Balaban J connectivity index is 1.52. The van der Waals surface area contributed by atoms with Gasteiger partial charge in [-0.25, -0.2) is 13.9 Å². The molecule has 0 unspecified atom stereocenters. The van der Waals surface area contributed by atoms with Gasteiger partial charge in [-0.1, -0.05) is 0 Å². The first-order valence-corrected chi connectivity index (χ1v) is 10.5. The predicted octanol–water partition coefficient (Wildman–Crippen LogP) is 4.28. The van der Waals surface area contributed by atoms with Crippen molar-refractivity contribution in [3.05, 3.63) is 66.7 Å². The molecule has 10 heteroatoms. The molecule has 1 saturated heterocycles. The highest BCUT2D eigenvalue weighted by molar-refractivity contribution is 5.81. The van der Waals surface area contributed by atoms with E-state index in [1.807, 2.05) is 29.2 Å². The number of anilines is 1. The SMILES string of the molecule is Fc1ccc(-c2nc3ccc(N4CCN(CC(F)(F)F)CC4)nn3c2-c2ccncc2)cc1. The molecule has 33 heavy (non-hydrogen) atoms. The Labute approximate surface area is 187 Å². The molecule has 3 aromatic heterocycles. The Morgan fingerprint density at radius 2 is 1.52 bits per heavy atom. The summed E-state index contributed by atoms with van der Waals surface area (Å²) in [5.74, 6) is 0.325. The van der Waals surface area contributed by atoms with E-state index in [-0.39, 0.29) is 5.82 Å². The second-order valence-electron chi connectivity index (χ2n) is 7.89. The van der Waals surface area contributed by atoms with Crippen molar-refractivity contribution in [1.29, 1.82) is 0 Å². The van der Waals surface area contributed by atoms with Crippen molar-refractivity contribution in [2.24, 2.45) is 0 Å². The lowest BCUT2D eigenvalue weighted by Gasteiger charge is -2.35. The second kappa shape index (κ2) is 8.43. The number of halogens is 4. The number of benzene rings is 1. The van der Waals surface area contributed by atoms with E-state index in [0.29, 0.717) is 43.3 Å². The number of piperazine rings is 1. The van der Waals surface area contributed by atoms with Gasteiger partial charge in [0.05, 0.1) is 12.2 Å². The van der Waals surface area contributed by atoms with Crippen molar-refractivity contribution in [3.63, 3.8) is 0 Å². The summed E-state index contributed by atoms with van der Waals surface area (Å²) in [6.45, 7) is 0.599. The van der Waals surface area contributed by atoms with Crippen LogP contribution in [0.3, 0.4) is 0 Å². The van der Waals surface area contributed by atoms with E-state index < -0.39 is 12.7 Å². The lowest BCUT2D eigenvalue weighted by molar-refractivity contribution is -0.146. The van der Waals surface area contributed by atoms with Crippen LogP contribution in [0.1, 0.15) is 0 Å². The minimum Gasteiger partial charge on any atom is -0.353 e. The van der Waals surface area contributed by atoms with Crippen molar-refractivity contribution < 1.29 is 17.6 Å². The van der Waals surface area contributed by atoms with E-state index >= 15 is 0 Å². The fraction of sp³-hybridized carbons (Fsp3) is 0.261. The maximum Gasteiger partial charge on any atom is 0.401 e. The Bertz CT molecular complexity index is 1250. The van der Waals surface area contributed by atoms with Crippen LogP contribution in [0.5, 0.6) is 0 Å². The average Bonchev–Trinajstić information content (AvgIpc) is 3.18. The molecule has 5 rings (SSSR count). The molecule has 6 nitrogen and oxygen atoms in total. The van der Waals surface area contributed by atoms with Gasteiger partial charge in [-0.05, 0) is 48.5 Å². The summed E-state index contributed by atoms with van der Waals surface area (Å²) in [4.78, 5) is 12.2. The largest absolute Gasteiger partial charge is 0.401 e. The van der Waals surface area contributed by atoms with Gasteiger partial charge in [0.1, 0.15) is 17.3 Å². The number of hydrogen-bond acceptors (Lipinski definition) is 5. The zero-order valence-electron chi connectivity index (χ0n) is 17.5. The Hall–Kier alpha value is -3.53. The van der Waals surface area contributed by atoms with Crippen LogP contribution in [0.2, 0.25) is 0 Å². The highest BCUT2D eigenvalue weighted by atomic mass is 19.4. The third-order valence-corrected chi connectivity index (χ3v) is 5.63. The van der Waals surface area contributed by atoms with E-state index in [2.05, 4.69) is 4.98 Å². The van der Waals surface area contributed by atoms with Crippen molar-refractivity contribution in [2.75, 3.05) is 37.6 Å². The van der Waals surface area contributed by atoms with Gasteiger partial charge in [0.2, 0.25) is 0 Å². The van der Waals surface area contributed by atoms with E-state index in [1.165, 1.54) is 17.0 Å². The first-order chi connectivity index (χ1) is 15.9. The maximum absolute atomic E-state index is 13.5. The Kier molecular flexibility index (Phi) is 5.45. The molecule has 0 spiro atoms. The van der Waals surface area contributed by atoms with E-state index in [1.54, 1.807) is 29.0 Å². The molecule has 0 radical (unpaired) electrons. The van der Waals surface area contributed by atoms with Crippen LogP contribution in [0.4, 0.5) is 23.4 Å². The van der Waals surface area contributed by atoms with Crippen LogP contribution in [-0.4, -0.2) is 63.4 Å². The lowest BCUT2D eigenvalue weighted by atomic mass is 10.1. The van der Waals surface area contributed by atoms with Crippen LogP contribution in [0, 0.1) is 5.82 Å². The zero-order chi connectivity index (χ0) is 23.0. The van der Waals surface area contributed by atoms with Crippen LogP contribution < -0.4 is 4.90 Å². The zero-order valence-corrected chi connectivity index (χ0v) is 17.5. The smallest absolute Gasteiger partial charge is 0.353 e. The van der Waals surface area contributed by atoms with Gasteiger partial charge in [0, 0.05) is 49.7 Å². The molecule has 0 atom stereocenters. The summed E-state index contributed by atoms with van der Waals surface area (Å²) in [5, 5.41) is 4.78. The molecule has 1 aliphatic rings. The van der Waals surface area contributed by atoms with Crippen molar-refractivity contribution in [3.8, 4) is 22.5 Å². The van der Waals surface area contributed by atoms with Crippen LogP contribution in [0.15, 0.2) is 60.9 Å². The van der Waals surface area contributed by atoms with E-state index in [4.69, 9.17) is 10.1 Å². The normalized spacial score (nSPS) is 15.3. The summed E-state index contributed by atoms with van der Waals surface area (Å²) in [6.07, 6.45) is -0.855. The molecule has 0 bridgehead atoms. The van der Waals surface area contributed by atoms with E-state index in [0.717, 1.165) is 16.8 Å². The number of hydrogen-bond donors (Lipinski definition) is 0. The number of imidazole rings is 1. The molecule has 0 N–H and O–H groups in total. The number of fused-ring (bicyclic) bond motifs is 1. The van der Waals surface area contributed by atoms with Crippen LogP contribution >= 0.6 is 0 Å². The number of pyridine rings is 1. The topological polar surface area (TPSA) is 49.6 Å². The summed E-state index contributed by atoms with van der Waals surface area (Å²) in [6, 6.07) is 13.5. The van der Waals surface area contributed by atoms with Gasteiger partial charge in [0.15, 0.2) is 5.65 Å². The molecule has 4 heterocycles. The molecule has 170 valence electrons. The minimum atomic E-state index is -4.20. The maximum atomic E-state index is 13.5. The van der Waals surface area contributed by atoms with Gasteiger partial charge in [0.25, 0.3) is 0 Å². The fourth-order valence-electron chi connectivity index (χ4n) is 4.06. The van der Waals surface area contributed by atoms with Crippen molar-refractivity contribution in [2.45, 2.75) is 6.18 Å². The van der Waals surface area contributed by atoms with Gasteiger partial charge in [-0.3, -0.25) is 9.88 Å². The predicted molar refractivity (Wildman–Crippen MR) is 116 cm³/mol. The first-order valence-electron chi connectivity index (χ1n) is 10.5. The second-order valence-corrected chi connectivity index (χ2v) is 7.89. The van der Waals surface area contributed by atoms with Crippen molar-refractivity contribution in [1.82, 2.24) is 24.5 Å². The van der Waals surface area contributed by atoms with E-state index in [9.17, 15) is 17.6 Å². The Morgan fingerprint density at radius 1 is 0.818 bits per heavy atom. The molecule has 0 saturated carbocycles. The molecule has 1 aliphatic heterocycles. The number of alkyl halides is 3. The van der Waals surface area contributed by atoms with Crippen LogP contribution in [0.25, 0.3) is 28.2 Å². The minimum absolute atomic E-state index is 0.307. The molecule has 1 aromatic carbocycles.